The first kappa shape index (κ1) is 12.8. The highest BCUT2D eigenvalue weighted by molar-refractivity contribution is 5.86. The summed E-state index contributed by atoms with van der Waals surface area (Å²) in [6, 6.07) is 7.82. The second-order valence-corrected chi connectivity index (χ2v) is 3.64. The van der Waals surface area contributed by atoms with Gasteiger partial charge in [-0.15, -0.1) is 0 Å². The summed E-state index contributed by atoms with van der Waals surface area (Å²) >= 11 is 0. The minimum Gasteiger partial charge on any atom is -0.463 e. The third kappa shape index (κ3) is 3.38. The van der Waals surface area contributed by atoms with Crippen LogP contribution in [0.3, 0.4) is 0 Å². The lowest BCUT2D eigenvalue weighted by molar-refractivity contribution is 0.0561. The van der Waals surface area contributed by atoms with Gasteiger partial charge in [-0.3, -0.25) is 9.78 Å². The first-order valence-electron chi connectivity index (χ1n) is 5.51. The molecule has 0 aliphatic rings. The van der Waals surface area contributed by atoms with Crippen LogP contribution in [-0.4, -0.2) is 18.1 Å². The number of carbonyl (C=O) groups excluding carboxylic acids is 1. The van der Waals surface area contributed by atoms with E-state index in [0.29, 0.717) is 5.69 Å². The Morgan fingerprint density at radius 3 is 2.84 bits per heavy atom. The van der Waals surface area contributed by atoms with Crippen LogP contribution in [0, 0.1) is 0 Å². The van der Waals surface area contributed by atoms with Crippen molar-refractivity contribution >= 4 is 18.1 Å². The summed E-state index contributed by atoms with van der Waals surface area (Å²) in [4.78, 5) is 26.8. The average molecular weight is 257 g/mol. The predicted octanol–water partition coefficient (Wildman–Crippen LogP) is 1.99. The zero-order valence-electron chi connectivity index (χ0n) is 10.2. The molecule has 0 fully saturated rings. The van der Waals surface area contributed by atoms with E-state index in [4.69, 9.17) is 4.42 Å². The Morgan fingerprint density at radius 1 is 1.32 bits per heavy atom. The molecule has 0 spiro atoms. The van der Waals surface area contributed by atoms with Crippen molar-refractivity contribution < 1.29 is 13.9 Å². The number of rotatable bonds is 3. The summed E-state index contributed by atoms with van der Waals surface area (Å²) in [7, 11) is 1.22. The SMILES string of the molecule is COC(=O)c1cc(=O)cc(/C=C/c2ccccn2)o1. The Morgan fingerprint density at radius 2 is 2.16 bits per heavy atom. The smallest absolute Gasteiger partial charge is 0.374 e. The molecule has 2 aromatic heterocycles. The van der Waals surface area contributed by atoms with Crippen molar-refractivity contribution in [1.82, 2.24) is 4.98 Å². The number of ether oxygens (including phenoxy) is 1. The van der Waals surface area contributed by atoms with Crippen molar-refractivity contribution in [3.63, 3.8) is 0 Å². The van der Waals surface area contributed by atoms with Crippen LogP contribution in [0.4, 0.5) is 0 Å². The van der Waals surface area contributed by atoms with Gasteiger partial charge in [0.2, 0.25) is 5.76 Å². The van der Waals surface area contributed by atoms with Crippen molar-refractivity contribution in [3.8, 4) is 0 Å². The van der Waals surface area contributed by atoms with Gasteiger partial charge in [0.05, 0.1) is 12.8 Å². The quantitative estimate of drug-likeness (QED) is 0.786. The Kier molecular flexibility index (Phi) is 3.87. The summed E-state index contributed by atoms with van der Waals surface area (Å²) in [5, 5.41) is 0. The van der Waals surface area contributed by atoms with Crippen LogP contribution in [-0.2, 0) is 4.74 Å². The minimum atomic E-state index is -0.690. The molecule has 96 valence electrons. The van der Waals surface area contributed by atoms with E-state index in [2.05, 4.69) is 9.72 Å². The number of hydrogen-bond donors (Lipinski definition) is 0. The zero-order valence-corrected chi connectivity index (χ0v) is 10.2. The van der Waals surface area contributed by atoms with Gasteiger partial charge in [0.25, 0.3) is 0 Å². The maximum atomic E-state index is 11.4. The van der Waals surface area contributed by atoms with Crippen molar-refractivity contribution in [2.75, 3.05) is 7.11 Å². The van der Waals surface area contributed by atoms with Gasteiger partial charge in [-0.05, 0) is 24.3 Å². The Hall–Kier alpha value is -2.69. The predicted molar refractivity (Wildman–Crippen MR) is 69.5 cm³/mol. The van der Waals surface area contributed by atoms with E-state index in [9.17, 15) is 9.59 Å². The van der Waals surface area contributed by atoms with Crippen LogP contribution < -0.4 is 5.43 Å². The van der Waals surface area contributed by atoms with Crippen LogP contribution in [0.25, 0.3) is 12.2 Å². The molecule has 0 atom stereocenters. The highest BCUT2D eigenvalue weighted by atomic mass is 16.5. The van der Waals surface area contributed by atoms with E-state index in [0.717, 1.165) is 6.07 Å². The number of pyridine rings is 1. The molecule has 0 bridgehead atoms. The number of hydrogen-bond acceptors (Lipinski definition) is 5. The van der Waals surface area contributed by atoms with Gasteiger partial charge in [-0.1, -0.05) is 6.07 Å². The molecule has 0 radical (unpaired) electrons. The fraction of sp³-hybridized carbons (Fsp3) is 0.0714. The maximum absolute atomic E-state index is 11.4. The number of nitrogens with zero attached hydrogens (tertiary/aromatic N) is 1. The standard InChI is InChI=1S/C14H11NO4/c1-18-14(17)13-9-11(16)8-12(19-13)6-5-10-4-2-3-7-15-10/h2-9H,1H3/b6-5+. The van der Waals surface area contributed by atoms with Gasteiger partial charge in [0, 0.05) is 18.3 Å². The van der Waals surface area contributed by atoms with Crippen LogP contribution in [0.2, 0.25) is 0 Å². The van der Waals surface area contributed by atoms with Gasteiger partial charge in [0.15, 0.2) is 5.43 Å². The van der Waals surface area contributed by atoms with E-state index >= 15 is 0 Å². The van der Waals surface area contributed by atoms with Crippen molar-refractivity contribution in [2.45, 2.75) is 0 Å². The highest BCUT2D eigenvalue weighted by Gasteiger charge is 2.09. The Bertz CT molecular complexity index is 659. The first-order valence-corrected chi connectivity index (χ1v) is 5.51. The molecule has 0 N–H and O–H groups in total. The van der Waals surface area contributed by atoms with Crippen molar-refractivity contribution in [1.29, 1.82) is 0 Å². The molecule has 0 aliphatic heterocycles. The average Bonchev–Trinajstić information content (AvgIpc) is 2.45. The van der Waals surface area contributed by atoms with E-state index in [-0.39, 0.29) is 16.9 Å². The van der Waals surface area contributed by atoms with Crippen LogP contribution in [0.15, 0.2) is 45.7 Å². The minimum absolute atomic E-state index is 0.129. The van der Waals surface area contributed by atoms with E-state index in [1.54, 1.807) is 30.5 Å². The fourth-order valence-corrected chi connectivity index (χ4v) is 1.42. The van der Waals surface area contributed by atoms with Crippen molar-refractivity contribution in [3.05, 3.63) is 64.0 Å². The molecule has 5 heteroatoms. The summed E-state index contributed by atoms with van der Waals surface area (Å²) in [6.45, 7) is 0. The van der Waals surface area contributed by atoms with Crippen LogP contribution in [0.1, 0.15) is 22.0 Å². The summed E-state index contributed by atoms with van der Waals surface area (Å²) in [5.74, 6) is -0.556. The van der Waals surface area contributed by atoms with Gasteiger partial charge in [0.1, 0.15) is 5.76 Å². The fourth-order valence-electron chi connectivity index (χ4n) is 1.42. The molecule has 0 aliphatic carbocycles. The molecule has 0 saturated heterocycles. The van der Waals surface area contributed by atoms with Gasteiger partial charge < -0.3 is 9.15 Å². The van der Waals surface area contributed by atoms with Crippen molar-refractivity contribution in [2.24, 2.45) is 0 Å². The lowest BCUT2D eigenvalue weighted by atomic mass is 10.3. The molecule has 19 heavy (non-hydrogen) atoms. The third-order valence-electron chi connectivity index (χ3n) is 2.28. The van der Waals surface area contributed by atoms with Crippen LogP contribution >= 0.6 is 0 Å². The Labute approximate surface area is 109 Å². The summed E-state index contributed by atoms with van der Waals surface area (Å²) < 4.78 is 9.74. The molecule has 2 aromatic rings. The molecule has 2 heterocycles. The third-order valence-corrected chi connectivity index (χ3v) is 2.28. The molecule has 5 nitrogen and oxygen atoms in total. The molecule has 0 amide bonds. The van der Waals surface area contributed by atoms with E-state index < -0.39 is 5.97 Å². The largest absolute Gasteiger partial charge is 0.463 e. The molecular formula is C14H11NO4. The number of methoxy groups -OCH3 is 1. The van der Waals surface area contributed by atoms with Gasteiger partial charge >= 0.3 is 5.97 Å². The lowest BCUT2D eigenvalue weighted by Crippen LogP contribution is -2.07. The summed E-state index contributed by atoms with van der Waals surface area (Å²) in [5.41, 5.74) is 0.390. The molecule has 0 saturated carbocycles. The molecular weight excluding hydrogens is 246 g/mol. The second-order valence-electron chi connectivity index (χ2n) is 3.64. The number of esters is 1. The van der Waals surface area contributed by atoms with Gasteiger partial charge in [-0.25, -0.2) is 4.79 Å². The zero-order chi connectivity index (χ0) is 13.7. The normalized spacial score (nSPS) is 10.6. The molecule has 2 rings (SSSR count). The highest BCUT2D eigenvalue weighted by Crippen LogP contribution is 2.07. The Balaban J connectivity index is 2.31. The topological polar surface area (TPSA) is 69.4 Å². The lowest BCUT2D eigenvalue weighted by Gasteiger charge is -1.99. The van der Waals surface area contributed by atoms with Crippen LogP contribution in [0.5, 0.6) is 0 Å². The molecule has 0 unspecified atom stereocenters. The van der Waals surface area contributed by atoms with Gasteiger partial charge in [-0.2, -0.15) is 0 Å². The van der Waals surface area contributed by atoms with E-state index in [1.165, 1.54) is 13.2 Å². The van der Waals surface area contributed by atoms with E-state index in [1.807, 2.05) is 6.07 Å². The number of aromatic nitrogens is 1. The molecule has 0 aromatic carbocycles. The maximum Gasteiger partial charge on any atom is 0.374 e. The number of carbonyl (C=O) groups is 1. The summed E-state index contributed by atoms with van der Waals surface area (Å²) in [6.07, 6.45) is 4.90. The first-order chi connectivity index (χ1) is 9.19. The second kappa shape index (κ2) is 5.77. The monoisotopic (exact) mass is 257 g/mol.